The molecule has 2 aliphatic rings. The van der Waals surface area contributed by atoms with E-state index in [0.29, 0.717) is 17.6 Å². The van der Waals surface area contributed by atoms with Crippen LogP contribution in [0.5, 0.6) is 0 Å². The average molecular weight is 223 g/mol. The Morgan fingerprint density at radius 1 is 1.06 bits per heavy atom. The number of carbonyl (C=O) groups excluding carboxylic acids is 1. The van der Waals surface area contributed by atoms with Crippen molar-refractivity contribution < 1.29 is 4.79 Å². The van der Waals surface area contributed by atoms with E-state index in [1.807, 2.05) is 0 Å². The fourth-order valence-corrected chi connectivity index (χ4v) is 3.23. The molecule has 1 heterocycles. The first-order valence-corrected chi connectivity index (χ1v) is 6.93. The molecule has 2 heteroatoms. The van der Waals surface area contributed by atoms with E-state index in [9.17, 15) is 4.79 Å². The summed E-state index contributed by atoms with van der Waals surface area (Å²) in [6.45, 7) is 6.66. The molecule has 2 nitrogen and oxygen atoms in total. The Hall–Kier alpha value is -0.370. The highest BCUT2D eigenvalue weighted by atomic mass is 16.1. The first-order chi connectivity index (χ1) is 7.68. The molecular formula is C14H25NO. The van der Waals surface area contributed by atoms with E-state index in [1.165, 1.54) is 12.8 Å². The van der Waals surface area contributed by atoms with Crippen LogP contribution in [0.2, 0.25) is 0 Å². The molecule has 16 heavy (non-hydrogen) atoms. The number of rotatable bonds is 2. The van der Waals surface area contributed by atoms with Crippen LogP contribution in [0.15, 0.2) is 0 Å². The molecule has 0 aromatic rings. The summed E-state index contributed by atoms with van der Waals surface area (Å²) in [5, 5.41) is 3.35. The second kappa shape index (κ2) is 5.31. The monoisotopic (exact) mass is 223 g/mol. The van der Waals surface area contributed by atoms with Crippen LogP contribution in [-0.2, 0) is 4.79 Å². The molecule has 2 fully saturated rings. The van der Waals surface area contributed by atoms with Crippen molar-refractivity contribution in [3.05, 3.63) is 0 Å². The minimum absolute atomic E-state index is 0.319. The fourth-order valence-electron chi connectivity index (χ4n) is 3.23. The molecule has 1 saturated heterocycles. The quantitative estimate of drug-likeness (QED) is 0.779. The van der Waals surface area contributed by atoms with Gasteiger partial charge in [0.1, 0.15) is 5.78 Å². The number of hydrogen-bond acceptors (Lipinski definition) is 2. The topological polar surface area (TPSA) is 29.1 Å². The number of Topliss-reactive ketones (excluding diaryl/α,β-unsaturated/α-hetero) is 1. The Morgan fingerprint density at radius 2 is 1.88 bits per heavy atom. The van der Waals surface area contributed by atoms with E-state index in [4.69, 9.17) is 0 Å². The van der Waals surface area contributed by atoms with Crippen LogP contribution in [0.25, 0.3) is 0 Å². The van der Waals surface area contributed by atoms with E-state index in [2.05, 4.69) is 19.2 Å². The Morgan fingerprint density at radius 3 is 2.50 bits per heavy atom. The molecule has 1 aliphatic carbocycles. The average Bonchev–Trinajstić information content (AvgIpc) is 2.33. The summed E-state index contributed by atoms with van der Waals surface area (Å²) >= 11 is 0. The number of piperidine rings is 1. The molecule has 0 amide bonds. The van der Waals surface area contributed by atoms with Crippen molar-refractivity contribution in [2.24, 2.45) is 23.7 Å². The smallest absolute Gasteiger partial charge is 0.140 e. The Kier molecular flexibility index (Phi) is 4.01. The largest absolute Gasteiger partial charge is 0.316 e. The van der Waals surface area contributed by atoms with E-state index in [-0.39, 0.29) is 0 Å². The molecule has 4 unspecified atom stereocenters. The molecule has 4 atom stereocenters. The van der Waals surface area contributed by atoms with Gasteiger partial charge < -0.3 is 5.32 Å². The highest BCUT2D eigenvalue weighted by Crippen LogP contribution is 2.35. The second-order valence-electron chi connectivity index (χ2n) is 5.91. The van der Waals surface area contributed by atoms with Crippen molar-refractivity contribution in [2.75, 3.05) is 13.1 Å². The lowest BCUT2D eigenvalue weighted by Gasteiger charge is -2.34. The van der Waals surface area contributed by atoms with E-state index in [1.54, 1.807) is 0 Å². The molecule has 0 bridgehead atoms. The Bertz CT molecular complexity index is 245. The molecule has 0 aromatic carbocycles. The van der Waals surface area contributed by atoms with Crippen molar-refractivity contribution in [3.63, 3.8) is 0 Å². The van der Waals surface area contributed by atoms with Crippen LogP contribution in [0, 0.1) is 23.7 Å². The van der Waals surface area contributed by atoms with Crippen molar-refractivity contribution in [1.82, 2.24) is 5.32 Å². The first kappa shape index (κ1) is 12.1. The van der Waals surface area contributed by atoms with E-state index in [0.717, 1.165) is 44.2 Å². The van der Waals surface area contributed by atoms with Crippen LogP contribution in [0.4, 0.5) is 0 Å². The number of hydrogen-bond donors (Lipinski definition) is 1. The summed E-state index contributed by atoms with van der Waals surface area (Å²) in [7, 11) is 0. The van der Waals surface area contributed by atoms with Crippen LogP contribution in [-0.4, -0.2) is 18.9 Å². The summed E-state index contributed by atoms with van der Waals surface area (Å²) in [5.41, 5.74) is 0. The fraction of sp³-hybridized carbons (Fsp3) is 0.929. The van der Waals surface area contributed by atoms with Crippen LogP contribution in [0.1, 0.15) is 46.0 Å². The summed E-state index contributed by atoms with van der Waals surface area (Å²) in [4.78, 5) is 12.4. The third kappa shape index (κ3) is 2.65. The third-order valence-electron chi connectivity index (χ3n) is 4.70. The standard InChI is InChI=1S/C14H25NO/c1-10-5-6-12(8-11(10)2)14(16)13-4-3-7-15-9-13/h10-13,15H,3-9H2,1-2H3. The van der Waals surface area contributed by atoms with Gasteiger partial charge in [-0.25, -0.2) is 0 Å². The number of ketones is 1. The molecule has 0 radical (unpaired) electrons. The first-order valence-electron chi connectivity index (χ1n) is 6.93. The van der Waals surface area contributed by atoms with Gasteiger partial charge in [-0.2, -0.15) is 0 Å². The summed E-state index contributed by atoms with van der Waals surface area (Å²) in [5.74, 6) is 2.80. The number of carbonyl (C=O) groups is 1. The molecule has 1 N–H and O–H groups in total. The minimum Gasteiger partial charge on any atom is -0.316 e. The van der Waals surface area contributed by atoms with E-state index < -0.39 is 0 Å². The highest BCUT2D eigenvalue weighted by molar-refractivity contribution is 5.83. The zero-order valence-electron chi connectivity index (χ0n) is 10.7. The maximum absolute atomic E-state index is 12.4. The van der Waals surface area contributed by atoms with Crippen LogP contribution >= 0.6 is 0 Å². The van der Waals surface area contributed by atoms with Gasteiger partial charge in [0.25, 0.3) is 0 Å². The Labute approximate surface area is 99.2 Å². The maximum Gasteiger partial charge on any atom is 0.140 e. The lowest BCUT2D eigenvalue weighted by molar-refractivity contribution is -0.129. The van der Waals surface area contributed by atoms with Gasteiger partial charge in [-0.1, -0.05) is 13.8 Å². The normalized spacial score (nSPS) is 40.6. The highest BCUT2D eigenvalue weighted by Gasteiger charge is 2.33. The lowest BCUT2D eigenvalue weighted by atomic mass is 9.72. The molecule has 0 aromatic heterocycles. The third-order valence-corrected chi connectivity index (χ3v) is 4.70. The SMILES string of the molecule is CC1CCC(C(=O)C2CCCNC2)CC1C. The van der Waals surface area contributed by atoms with Crippen molar-refractivity contribution in [3.8, 4) is 0 Å². The minimum atomic E-state index is 0.319. The van der Waals surface area contributed by atoms with Gasteiger partial charge in [-0.3, -0.25) is 4.79 Å². The molecule has 0 spiro atoms. The second-order valence-corrected chi connectivity index (χ2v) is 5.91. The summed E-state index contributed by atoms with van der Waals surface area (Å²) in [6, 6.07) is 0. The summed E-state index contributed by atoms with van der Waals surface area (Å²) in [6.07, 6.45) is 5.82. The van der Waals surface area contributed by atoms with Gasteiger partial charge in [0, 0.05) is 18.4 Å². The predicted octanol–water partition coefficient (Wildman–Crippen LogP) is 2.63. The molecular weight excluding hydrogens is 198 g/mol. The van der Waals surface area contributed by atoms with E-state index >= 15 is 0 Å². The maximum atomic E-state index is 12.4. The van der Waals surface area contributed by atoms with Gasteiger partial charge in [-0.15, -0.1) is 0 Å². The van der Waals surface area contributed by atoms with Crippen molar-refractivity contribution >= 4 is 5.78 Å². The summed E-state index contributed by atoms with van der Waals surface area (Å²) < 4.78 is 0. The molecule has 92 valence electrons. The van der Waals surface area contributed by atoms with Gasteiger partial charge in [-0.05, 0) is 50.5 Å². The van der Waals surface area contributed by atoms with Crippen molar-refractivity contribution in [2.45, 2.75) is 46.0 Å². The van der Waals surface area contributed by atoms with Crippen molar-refractivity contribution in [1.29, 1.82) is 0 Å². The zero-order valence-corrected chi connectivity index (χ0v) is 10.7. The van der Waals surface area contributed by atoms with Crippen LogP contribution < -0.4 is 5.32 Å². The predicted molar refractivity (Wildman–Crippen MR) is 66.3 cm³/mol. The Balaban J connectivity index is 1.89. The molecule has 1 aliphatic heterocycles. The van der Waals surface area contributed by atoms with Crippen LogP contribution in [0.3, 0.4) is 0 Å². The lowest BCUT2D eigenvalue weighted by Crippen LogP contribution is -2.39. The molecule has 2 rings (SSSR count). The molecule has 1 saturated carbocycles. The van der Waals surface area contributed by atoms with Gasteiger partial charge in [0.05, 0.1) is 0 Å². The zero-order chi connectivity index (χ0) is 11.5. The number of nitrogens with one attached hydrogen (secondary N) is 1. The van der Waals surface area contributed by atoms with Gasteiger partial charge >= 0.3 is 0 Å². The van der Waals surface area contributed by atoms with Gasteiger partial charge in [0.2, 0.25) is 0 Å². The van der Waals surface area contributed by atoms with Gasteiger partial charge in [0.15, 0.2) is 0 Å².